The molecule has 104 valence electrons. The maximum atomic E-state index is 12.5. The lowest BCUT2D eigenvalue weighted by Gasteiger charge is -2.37. The molecular formula is C14H26N2O2. The third kappa shape index (κ3) is 3.23. The SMILES string of the molecule is CN(CC1CNCCO1)C(=O)C1(C)CCCCC1. The van der Waals surface area contributed by atoms with Crippen molar-refractivity contribution < 1.29 is 9.53 Å². The number of carbonyl (C=O) groups is 1. The fourth-order valence-corrected chi connectivity index (χ4v) is 3.13. The van der Waals surface area contributed by atoms with Gasteiger partial charge in [0, 0.05) is 32.1 Å². The van der Waals surface area contributed by atoms with Gasteiger partial charge in [-0.05, 0) is 12.8 Å². The molecule has 2 aliphatic rings. The molecule has 1 saturated heterocycles. The maximum absolute atomic E-state index is 12.5. The average molecular weight is 254 g/mol. The Morgan fingerprint density at radius 2 is 2.11 bits per heavy atom. The van der Waals surface area contributed by atoms with E-state index in [2.05, 4.69) is 12.2 Å². The summed E-state index contributed by atoms with van der Waals surface area (Å²) in [4.78, 5) is 14.4. The highest BCUT2D eigenvalue weighted by molar-refractivity contribution is 5.82. The van der Waals surface area contributed by atoms with E-state index in [0.717, 1.165) is 32.5 Å². The van der Waals surface area contributed by atoms with Crippen LogP contribution in [-0.2, 0) is 9.53 Å². The highest BCUT2D eigenvalue weighted by Crippen LogP contribution is 2.37. The first kappa shape index (κ1) is 13.8. The number of hydrogen-bond donors (Lipinski definition) is 1. The van der Waals surface area contributed by atoms with Crippen LogP contribution in [0.3, 0.4) is 0 Å². The lowest BCUT2D eigenvalue weighted by Crippen LogP contribution is -2.49. The van der Waals surface area contributed by atoms with Crippen molar-refractivity contribution in [3.63, 3.8) is 0 Å². The molecule has 1 atom stereocenters. The average Bonchev–Trinajstić information content (AvgIpc) is 2.40. The van der Waals surface area contributed by atoms with Crippen molar-refractivity contribution in [3.8, 4) is 0 Å². The zero-order valence-electron chi connectivity index (χ0n) is 11.7. The topological polar surface area (TPSA) is 41.6 Å². The van der Waals surface area contributed by atoms with Gasteiger partial charge in [-0.2, -0.15) is 0 Å². The van der Waals surface area contributed by atoms with E-state index in [0.29, 0.717) is 12.5 Å². The molecule has 2 fully saturated rings. The van der Waals surface area contributed by atoms with Crippen LogP contribution in [0.15, 0.2) is 0 Å². The molecule has 2 rings (SSSR count). The summed E-state index contributed by atoms with van der Waals surface area (Å²) in [6.45, 7) is 5.37. The maximum Gasteiger partial charge on any atom is 0.228 e. The smallest absolute Gasteiger partial charge is 0.228 e. The van der Waals surface area contributed by atoms with Gasteiger partial charge in [0.05, 0.1) is 12.7 Å². The molecule has 1 N–H and O–H groups in total. The molecule has 4 nitrogen and oxygen atoms in total. The fourth-order valence-electron chi connectivity index (χ4n) is 3.13. The minimum absolute atomic E-state index is 0.130. The second kappa shape index (κ2) is 6.02. The molecule has 1 heterocycles. The lowest BCUT2D eigenvalue weighted by atomic mass is 9.74. The van der Waals surface area contributed by atoms with Crippen LogP contribution in [0, 0.1) is 5.41 Å². The van der Waals surface area contributed by atoms with Crippen LogP contribution in [0.4, 0.5) is 0 Å². The molecule has 0 spiro atoms. The first-order valence-electron chi connectivity index (χ1n) is 7.20. The predicted molar refractivity (Wildman–Crippen MR) is 71.4 cm³/mol. The largest absolute Gasteiger partial charge is 0.374 e. The van der Waals surface area contributed by atoms with Crippen molar-refractivity contribution >= 4 is 5.91 Å². The number of morpholine rings is 1. The number of ether oxygens (including phenoxy) is 1. The van der Waals surface area contributed by atoms with Gasteiger partial charge >= 0.3 is 0 Å². The number of nitrogens with zero attached hydrogens (tertiary/aromatic N) is 1. The molecule has 0 aromatic heterocycles. The van der Waals surface area contributed by atoms with Crippen LogP contribution >= 0.6 is 0 Å². The summed E-state index contributed by atoms with van der Waals surface area (Å²) in [5.74, 6) is 0.302. The molecule has 1 unspecified atom stereocenters. The summed E-state index contributed by atoms with van der Waals surface area (Å²) in [7, 11) is 1.92. The van der Waals surface area contributed by atoms with Gasteiger partial charge in [-0.1, -0.05) is 26.2 Å². The highest BCUT2D eigenvalue weighted by Gasteiger charge is 2.37. The Balaban J connectivity index is 1.86. The summed E-state index contributed by atoms with van der Waals surface area (Å²) in [6.07, 6.45) is 5.90. The molecular weight excluding hydrogens is 228 g/mol. The summed E-state index contributed by atoms with van der Waals surface area (Å²) >= 11 is 0. The van der Waals surface area contributed by atoms with E-state index in [9.17, 15) is 4.79 Å². The molecule has 0 aromatic rings. The van der Waals surface area contributed by atoms with Gasteiger partial charge in [0.1, 0.15) is 0 Å². The van der Waals surface area contributed by atoms with Crippen LogP contribution in [0.25, 0.3) is 0 Å². The number of hydrogen-bond acceptors (Lipinski definition) is 3. The van der Waals surface area contributed by atoms with E-state index in [-0.39, 0.29) is 11.5 Å². The molecule has 1 saturated carbocycles. The molecule has 0 aromatic carbocycles. The molecule has 0 bridgehead atoms. The minimum Gasteiger partial charge on any atom is -0.374 e. The molecule has 1 aliphatic heterocycles. The Labute approximate surface area is 110 Å². The third-order valence-corrected chi connectivity index (χ3v) is 4.30. The first-order chi connectivity index (χ1) is 8.62. The summed E-state index contributed by atoms with van der Waals surface area (Å²) in [5, 5.41) is 3.31. The van der Waals surface area contributed by atoms with Crippen LogP contribution in [0.5, 0.6) is 0 Å². The molecule has 18 heavy (non-hydrogen) atoms. The summed E-state index contributed by atoms with van der Waals surface area (Å²) in [5.41, 5.74) is -0.130. The van der Waals surface area contributed by atoms with Crippen LogP contribution in [0.2, 0.25) is 0 Å². The summed E-state index contributed by atoms with van der Waals surface area (Å²) in [6, 6.07) is 0. The second-order valence-corrected chi connectivity index (χ2v) is 6.00. The van der Waals surface area contributed by atoms with E-state index in [1.54, 1.807) is 0 Å². The Bertz CT molecular complexity index is 282. The quantitative estimate of drug-likeness (QED) is 0.828. The normalized spacial score (nSPS) is 27.8. The van der Waals surface area contributed by atoms with Crippen LogP contribution < -0.4 is 5.32 Å². The van der Waals surface area contributed by atoms with Gasteiger partial charge in [-0.3, -0.25) is 4.79 Å². The van der Waals surface area contributed by atoms with Crippen LogP contribution in [-0.4, -0.2) is 50.2 Å². The van der Waals surface area contributed by atoms with E-state index in [1.165, 1.54) is 19.3 Å². The van der Waals surface area contributed by atoms with Gasteiger partial charge < -0.3 is 15.0 Å². The predicted octanol–water partition coefficient (Wildman–Crippen LogP) is 1.40. The highest BCUT2D eigenvalue weighted by atomic mass is 16.5. The standard InChI is InChI=1S/C14H26N2O2/c1-14(6-4-3-5-7-14)13(17)16(2)11-12-10-15-8-9-18-12/h12,15H,3-11H2,1-2H3. The Morgan fingerprint density at radius 1 is 1.39 bits per heavy atom. The number of rotatable bonds is 3. The van der Waals surface area contributed by atoms with Gasteiger partial charge in [0.25, 0.3) is 0 Å². The molecule has 1 aliphatic carbocycles. The van der Waals surface area contributed by atoms with E-state index in [4.69, 9.17) is 4.74 Å². The van der Waals surface area contributed by atoms with Crippen molar-refractivity contribution in [2.45, 2.75) is 45.1 Å². The molecule has 0 radical (unpaired) electrons. The third-order valence-electron chi connectivity index (χ3n) is 4.30. The lowest BCUT2D eigenvalue weighted by molar-refractivity contribution is -0.143. The van der Waals surface area contributed by atoms with Gasteiger partial charge in [-0.25, -0.2) is 0 Å². The molecule has 4 heteroatoms. The Kier molecular flexibility index (Phi) is 4.62. The van der Waals surface area contributed by atoms with Crippen molar-refractivity contribution in [1.29, 1.82) is 0 Å². The molecule has 1 amide bonds. The number of amides is 1. The van der Waals surface area contributed by atoms with Crippen molar-refractivity contribution in [2.24, 2.45) is 5.41 Å². The zero-order chi connectivity index (χ0) is 13.0. The van der Waals surface area contributed by atoms with Crippen molar-refractivity contribution in [2.75, 3.05) is 33.3 Å². The van der Waals surface area contributed by atoms with Crippen molar-refractivity contribution in [1.82, 2.24) is 10.2 Å². The Morgan fingerprint density at radius 3 is 2.72 bits per heavy atom. The number of carbonyl (C=O) groups excluding carboxylic acids is 1. The monoisotopic (exact) mass is 254 g/mol. The zero-order valence-corrected chi connectivity index (χ0v) is 11.7. The van der Waals surface area contributed by atoms with E-state index in [1.807, 2.05) is 11.9 Å². The van der Waals surface area contributed by atoms with Crippen LogP contribution in [0.1, 0.15) is 39.0 Å². The van der Waals surface area contributed by atoms with Gasteiger partial charge in [-0.15, -0.1) is 0 Å². The second-order valence-electron chi connectivity index (χ2n) is 6.00. The number of nitrogens with one attached hydrogen (secondary N) is 1. The van der Waals surface area contributed by atoms with Crippen molar-refractivity contribution in [3.05, 3.63) is 0 Å². The first-order valence-corrected chi connectivity index (χ1v) is 7.20. The van der Waals surface area contributed by atoms with E-state index >= 15 is 0 Å². The minimum atomic E-state index is -0.130. The fraction of sp³-hybridized carbons (Fsp3) is 0.929. The van der Waals surface area contributed by atoms with E-state index < -0.39 is 0 Å². The summed E-state index contributed by atoms with van der Waals surface area (Å²) < 4.78 is 5.66. The van der Waals surface area contributed by atoms with Gasteiger partial charge in [0.15, 0.2) is 0 Å². The van der Waals surface area contributed by atoms with Gasteiger partial charge in [0.2, 0.25) is 5.91 Å². The Hall–Kier alpha value is -0.610. The number of likely N-dealkylation sites (N-methyl/N-ethyl adjacent to an activating group) is 1.